The van der Waals surface area contributed by atoms with Gasteiger partial charge in [-0.05, 0) is 61.0 Å². The van der Waals surface area contributed by atoms with Crippen molar-refractivity contribution in [3.8, 4) is 0 Å². The third-order valence-corrected chi connectivity index (χ3v) is 5.45. The van der Waals surface area contributed by atoms with Gasteiger partial charge >= 0.3 is 0 Å². The topological polar surface area (TPSA) is 110 Å². The molecule has 2 N–H and O–H groups in total. The Morgan fingerprint density at radius 2 is 1.63 bits per heavy atom. The van der Waals surface area contributed by atoms with E-state index < -0.39 is 21.7 Å². The molecule has 3 aromatic rings. The van der Waals surface area contributed by atoms with Gasteiger partial charge in [-0.1, -0.05) is 6.92 Å². The fourth-order valence-electron chi connectivity index (χ4n) is 2.59. The van der Waals surface area contributed by atoms with Crippen LogP contribution in [0.2, 0.25) is 0 Å². The van der Waals surface area contributed by atoms with Crippen LogP contribution in [0.1, 0.15) is 23.8 Å². The quantitative estimate of drug-likeness (QED) is 0.599. The number of hydrogen-bond acceptors (Lipinski definition) is 5. The van der Waals surface area contributed by atoms with Gasteiger partial charge < -0.3 is 5.32 Å². The molecule has 0 aliphatic heterocycles. The zero-order valence-electron chi connectivity index (χ0n) is 16.0. The molecule has 0 aliphatic carbocycles. The first-order chi connectivity index (χ1) is 14.3. The molecular formula is C20H19FN4O4S. The third kappa shape index (κ3) is 5.09. The van der Waals surface area contributed by atoms with E-state index in [2.05, 4.69) is 15.1 Å². The van der Waals surface area contributed by atoms with E-state index in [0.717, 1.165) is 24.3 Å². The lowest BCUT2D eigenvalue weighted by Gasteiger charge is -2.10. The monoisotopic (exact) mass is 430 g/mol. The molecule has 0 unspecified atom stereocenters. The summed E-state index contributed by atoms with van der Waals surface area (Å²) in [6, 6.07) is 13.1. The highest BCUT2D eigenvalue weighted by molar-refractivity contribution is 7.92. The van der Waals surface area contributed by atoms with Crippen molar-refractivity contribution in [1.82, 2.24) is 9.78 Å². The van der Waals surface area contributed by atoms with Crippen LogP contribution >= 0.6 is 0 Å². The van der Waals surface area contributed by atoms with Gasteiger partial charge in [-0.3, -0.25) is 14.3 Å². The highest BCUT2D eigenvalue weighted by Gasteiger charge is 2.15. The molecule has 0 saturated heterocycles. The molecule has 1 aromatic heterocycles. The third-order valence-electron chi connectivity index (χ3n) is 4.05. The van der Waals surface area contributed by atoms with Gasteiger partial charge in [-0.2, -0.15) is 5.10 Å². The number of aryl methyl sites for hydroxylation is 1. The van der Waals surface area contributed by atoms with Crippen LogP contribution in [0.15, 0.2) is 70.4 Å². The molecule has 2 aromatic carbocycles. The van der Waals surface area contributed by atoms with Crippen molar-refractivity contribution >= 4 is 27.3 Å². The van der Waals surface area contributed by atoms with Crippen LogP contribution < -0.4 is 15.6 Å². The normalized spacial score (nSPS) is 11.1. The zero-order chi connectivity index (χ0) is 21.7. The Morgan fingerprint density at radius 1 is 1.00 bits per heavy atom. The molecule has 0 spiro atoms. The smallest absolute Gasteiger partial charge is 0.276 e. The molecule has 0 fully saturated rings. The van der Waals surface area contributed by atoms with Crippen LogP contribution in [0.25, 0.3) is 0 Å². The second-order valence-electron chi connectivity index (χ2n) is 6.37. The van der Waals surface area contributed by atoms with Gasteiger partial charge in [-0.15, -0.1) is 0 Å². The van der Waals surface area contributed by atoms with Crippen LogP contribution in [0.3, 0.4) is 0 Å². The second-order valence-corrected chi connectivity index (χ2v) is 8.05. The Kier molecular flexibility index (Phi) is 6.26. The second kappa shape index (κ2) is 8.87. The fraction of sp³-hybridized carbons (Fsp3) is 0.150. The van der Waals surface area contributed by atoms with Crippen molar-refractivity contribution in [3.05, 3.63) is 82.5 Å². The van der Waals surface area contributed by atoms with Crippen LogP contribution in [-0.2, 0) is 16.6 Å². The van der Waals surface area contributed by atoms with E-state index >= 15 is 0 Å². The van der Waals surface area contributed by atoms with Gasteiger partial charge in [0.2, 0.25) is 0 Å². The average molecular weight is 430 g/mol. The van der Waals surface area contributed by atoms with Crippen LogP contribution in [-0.4, -0.2) is 24.1 Å². The molecule has 0 radical (unpaired) electrons. The van der Waals surface area contributed by atoms with E-state index in [0.29, 0.717) is 18.7 Å². The Balaban J connectivity index is 1.70. The first kappa shape index (κ1) is 21.2. The molecule has 10 heteroatoms. The summed E-state index contributed by atoms with van der Waals surface area (Å²) in [5.74, 6) is -1.03. The van der Waals surface area contributed by atoms with Crippen molar-refractivity contribution in [2.24, 2.45) is 0 Å². The summed E-state index contributed by atoms with van der Waals surface area (Å²) in [5, 5.41) is 6.68. The molecule has 8 nitrogen and oxygen atoms in total. The summed E-state index contributed by atoms with van der Waals surface area (Å²) < 4.78 is 41.3. The van der Waals surface area contributed by atoms with Gasteiger partial charge in [0, 0.05) is 24.0 Å². The SMILES string of the molecule is CCCn1nc(C(=O)Nc2ccc(NS(=O)(=O)c3ccc(F)cc3)cc2)ccc1=O. The van der Waals surface area contributed by atoms with Crippen molar-refractivity contribution in [2.45, 2.75) is 24.8 Å². The lowest BCUT2D eigenvalue weighted by atomic mass is 10.2. The lowest BCUT2D eigenvalue weighted by molar-refractivity contribution is 0.101. The average Bonchev–Trinajstić information content (AvgIpc) is 2.71. The van der Waals surface area contributed by atoms with Crippen LogP contribution in [0.5, 0.6) is 0 Å². The van der Waals surface area contributed by atoms with Crippen molar-refractivity contribution in [1.29, 1.82) is 0 Å². The maximum atomic E-state index is 13.0. The molecule has 0 saturated carbocycles. The Labute approximate surface area is 172 Å². The summed E-state index contributed by atoms with van der Waals surface area (Å²) in [5.41, 5.74) is 0.488. The number of anilines is 2. The molecule has 156 valence electrons. The number of aromatic nitrogens is 2. The maximum Gasteiger partial charge on any atom is 0.276 e. The van der Waals surface area contributed by atoms with Gasteiger partial charge in [0.05, 0.1) is 4.90 Å². The van der Waals surface area contributed by atoms with E-state index in [1.54, 1.807) is 0 Å². The summed E-state index contributed by atoms with van der Waals surface area (Å²) in [7, 11) is -3.87. The van der Waals surface area contributed by atoms with E-state index in [9.17, 15) is 22.4 Å². The lowest BCUT2D eigenvalue weighted by Crippen LogP contribution is -2.26. The number of nitrogens with one attached hydrogen (secondary N) is 2. The van der Waals surface area contributed by atoms with Crippen LogP contribution in [0, 0.1) is 5.82 Å². The minimum Gasteiger partial charge on any atom is -0.321 e. The number of nitrogens with zero attached hydrogens (tertiary/aromatic N) is 2. The first-order valence-corrected chi connectivity index (χ1v) is 10.5. The minimum absolute atomic E-state index is 0.0745. The van der Waals surface area contributed by atoms with Gasteiger partial charge in [0.25, 0.3) is 21.5 Å². The van der Waals surface area contributed by atoms with E-state index in [4.69, 9.17) is 0 Å². The van der Waals surface area contributed by atoms with Crippen molar-refractivity contribution in [2.75, 3.05) is 10.0 Å². The first-order valence-electron chi connectivity index (χ1n) is 9.06. The molecule has 3 rings (SSSR count). The number of hydrogen-bond donors (Lipinski definition) is 2. The predicted octanol–water partition coefficient (Wildman–Crippen LogP) is 2.85. The molecule has 1 amide bonds. The number of rotatable bonds is 7. The Morgan fingerprint density at radius 3 is 2.27 bits per heavy atom. The molecule has 1 heterocycles. The van der Waals surface area contributed by atoms with Gasteiger partial charge in [0.1, 0.15) is 11.5 Å². The summed E-state index contributed by atoms with van der Waals surface area (Å²) >= 11 is 0. The molecular weight excluding hydrogens is 411 g/mol. The van der Waals surface area contributed by atoms with Gasteiger partial charge in [-0.25, -0.2) is 17.5 Å². The maximum absolute atomic E-state index is 13.0. The fourth-order valence-corrected chi connectivity index (χ4v) is 3.65. The standard InChI is InChI=1S/C20H19FN4O4S/c1-2-13-25-19(26)12-11-18(23-25)20(27)22-15-5-7-16(8-6-15)24-30(28,29)17-9-3-14(21)4-10-17/h3-12,24H,2,13H2,1H3,(H,22,27). The summed E-state index contributed by atoms with van der Waals surface area (Å²) in [6.45, 7) is 2.30. The molecule has 0 aliphatic rings. The summed E-state index contributed by atoms with van der Waals surface area (Å²) in [6.07, 6.45) is 0.702. The molecule has 30 heavy (non-hydrogen) atoms. The number of benzene rings is 2. The van der Waals surface area contributed by atoms with Crippen LogP contribution in [0.4, 0.5) is 15.8 Å². The molecule has 0 atom stereocenters. The predicted molar refractivity (Wildman–Crippen MR) is 110 cm³/mol. The van der Waals surface area contributed by atoms with Crippen molar-refractivity contribution in [3.63, 3.8) is 0 Å². The van der Waals surface area contributed by atoms with E-state index in [1.807, 2.05) is 6.92 Å². The molecule has 0 bridgehead atoms. The Hall–Kier alpha value is -3.53. The minimum atomic E-state index is -3.87. The number of carbonyl (C=O) groups excluding carboxylic acids is 1. The van der Waals surface area contributed by atoms with E-state index in [-0.39, 0.29) is 21.8 Å². The number of halogens is 1. The zero-order valence-corrected chi connectivity index (χ0v) is 16.8. The highest BCUT2D eigenvalue weighted by Crippen LogP contribution is 2.19. The largest absolute Gasteiger partial charge is 0.321 e. The number of sulfonamides is 1. The van der Waals surface area contributed by atoms with E-state index in [1.165, 1.54) is 41.1 Å². The Bertz CT molecular complexity index is 1210. The number of amides is 1. The summed E-state index contributed by atoms with van der Waals surface area (Å²) in [4.78, 5) is 24.0. The van der Waals surface area contributed by atoms with Crippen molar-refractivity contribution < 1.29 is 17.6 Å². The number of carbonyl (C=O) groups is 1. The highest BCUT2D eigenvalue weighted by atomic mass is 32.2. The van der Waals surface area contributed by atoms with Gasteiger partial charge in [0.15, 0.2) is 0 Å².